The quantitative estimate of drug-likeness (QED) is 0.735. The summed E-state index contributed by atoms with van der Waals surface area (Å²) < 4.78 is 31.1. The van der Waals surface area contributed by atoms with Crippen LogP contribution in [0.3, 0.4) is 0 Å². The van der Waals surface area contributed by atoms with Gasteiger partial charge in [0, 0.05) is 26.6 Å². The number of nitrogens with zero attached hydrogens (tertiary/aromatic N) is 2. The molecule has 0 aliphatic carbocycles. The Bertz CT molecular complexity index is 659. The molecular formula is C14H18N2O5S. The van der Waals surface area contributed by atoms with E-state index in [0.29, 0.717) is 0 Å². The van der Waals surface area contributed by atoms with Gasteiger partial charge in [0.05, 0.1) is 12.0 Å². The average molecular weight is 326 g/mol. The van der Waals surface area contributed by atoms with Crippen molar-refractivity contribution >= 4 is 21.9 Å². The van der Waals surface area contributed by atoms with Crippen molar-refractivity contribution in [2.24, 2.45) is 0 Å². The van der Waals surface area contributed by atoms with Crippen LogP contribution in [-0.2, 0) is 24.3 Å². The van der Waals surface area contributed by atoms with Crippen LogP contribution in [0.2, 0.25) is 0 Å². The molecule has 7 nitrogen and oxygen atoms in total. The smallest absolute Gasteiger partial charge is 0.329 e. The molecule has 1 aliphatic rings. The minimum atomic E-state index is -3.70. The van der Waals surface area contributed by atoms with Crippen molar-refractivity contribution in [2.75, 3.05) is 26.7 Å². The zero-order valence-corrected chi connectivity index (χ0v) is 13.2. The van der Waals surface area contributed by atoms with Gasteiger partial charge >= 0.3 is 5.97 Å². The molecule has 0 saturated carbocycles. The van der Waals surface area contributed by atoms with Crippen LogP contribution in [0.5, 0.6) is 0 Å². The summed E-state index contributed by atoms with van der Waals surface area (Å²) in [7, 11) is -2.48. The summed E-state index contributed by atoms with van der Waals surface area (Å²) in [6.07, 6.45) is 0. The first kappa shape index (κ1) is 16.4. The van der Waals surface area contributed by atoms with Gasteiger partial charge in [0.1, 0.15) is 6.04 Å². The second-order valence-corrected chi connectivity index (χ2v) is 6.87. The summed E-state index contributed by atoms with van der Waals surface area (Å²) in [5.74, 6) is -0.907. The maximum absolute atomic E-state index is 12.6. The Morgan fingerprint density at radius 2 is 1.82 bits per heavy atom. The number of hydrogen-bond donors (Lipinski definition) is 0. The number of piperazine rings is 1. The number of benzene rings is 1. The molecule has 1 fully saturated rings. The van der Waals surface area contributed by atoms with Crippen molar-refractivity contribution in [2.45, 2.75) is 17.9 Å². The van der Waals surface area contributed by atoms with E-state index < -0.39 is 22.0 Å². The summed E-state index contributed by atoms with van der Waals surface area (Å²) in [5, 5.41) is 0. The number of sulfonamides is 1. The van der Waals surface area contributed by atoms with Crippen molar-refractivity contribution < 1.29 is 22.7 Å². The first-order chi connectivity index (χ1) is 10.4. The molecule has 1 aromatic carbocycles. The fraction of sp³-hybridized carbons (Fsp3) is 0.429. The van der Waals surface area contributed by atoms with Gasteiger partial charge in [-0.1, -0.05) is 18.2 Å². The third-order valence-electron chi connectivity index (χ3n) is 3.60. The normalized spacial score (nSPS) is 19.7. The van der Waals surface area contributed by atoms with Crippen molar-refractivity contribution in [1.29, 1.82) is 0 Å². The van der Waals surface area contributed by atoms with Crippen LogP contribution in [-0.4, -0.2) is 62.3 Å². The molecule has 22 heavy (non-hydrogen) atoms. The van der Waals surface area contributed by atoms with Crippen LogP contribution in [0, 0.1) is 0 Å². The first-order valence-electron chi connectivity index (χ1n) is 6.78. The highest BCUT2D eigenvalue weighted by molar-refractivity contribution is 7.89. The van der Waals surface area contributed by atoms with Crippen LogP contribution in [0.4, 0.5) is 0 Å². The largest absolute Gasteiger partial charge is 0.467 e. The molecule has 0 spiro atoms. The molecule has 1 saturated heterocycles. The minimum absolute atomic E-state index is 0.108. The summed E-state index contributed by atoms with van der Waals surface area (Å²) in [6, 6.07) is 7.08. The Morgan fingerprint density at radius 3 is 2.36 bits per heavy atom. The Kier molecular flexibility index (Phi) is 4.82. The second-order valence-electron chi connectivity index (χ2n) is 4.93. The fourth-order valence-electron chi connectivity index (χ4n) is 2.43. The van der Waals surface area contributed by atoms with Gasteiger partial charge in [0.2, 0.25) is 15.9 Å². The van der Waals surface area contributed by atoms with E-state index in [9.17, 15) is 18.0 Å². The third-order valence-corrected chi connectivity index (χ3v) is 5.48. The monoisotopic (exact) mass is 326 g/mol. The molecule has 1 atom stereocenters. The predicted octanol–water partition coefficient (Wildman–Crippen LogP) is 0.0810. The molecule has 2 rings (SSSR count). The highest BCUT2D eigenvalue weighted by Gasteiger charge is 2.39. The molecular weight excluding hydrogens is 308 g/mol. The van der Waals surface area contributed by atoms with E-state index in [4.69, 9.17) is 0 Å². The lowest BCUT2D eigenvalue weighted by molar-refractivity contribution is -0.154. The van der Waals surface area contributed by atoms with Crippen molar-refractivity contribution in [3.8, 4) is 0 Å². The summed E-state index contributed by atoms with van der Waals surface area (Å²) in [5.41, 5.74) is 0. The van der Waals surface area contributed by atoms with Crippen LogP contribution in [0.1, 0.15) is 6.92 Å². The van der Waals surface area contributed by atoms with E-state index in [2.05, 4.69) is 4.74 Å². The van der Waals surface area contributed by atoms with Gasteiger partial charge in [-0.3, -0.25) is 4.79 Å². The predicted molar refractivity (Wildman–Crippen MR) is 78.4 cm³/mol. The summed E-state index contributed by atoms with van der Waals surface area (Å²) in [4.78, 5) is 25.0. The topological polar surface area (TPSA) is 84.0 Å². The molecule has 1 amide bonds. The van der Waals surface area contributed by atoms with Crippen LogP contribution >= 0.6 is 0 Å². The molecule has 0 aromatic heterocycles. The van der Waals surface area contributed by atoms with Crippen LogP contribution < -0.4 is 0 Å². The number of ether oxygens (including phenoxy) is 1. The number of hydrogen-bond acceptors (Lipinski definition) is 5. The Morgan fingerprint density at radius 1 is 1.18 bits per heavy atom. The van der Waals surface area contributed by atoms with Crippen LogP contribution in [0.15, 0.2) is 35.2 Å². The lowest BCUT2D eigenvalue weighted by atomic mass is 10.2. The van der Waals surface area contributed by atoms with Gasteiger partial charge in [-0.05, 0) is 12.1 Å². The highest BCUT2D eigenvalue weighted by atomic mass is 32.2. The zero-order valence-electron chi connectivity index (χ0n) is 12.4. The SMILES string of the molecule is COC(=O)C1CN(S(=O)(=O)c2ccccc2)CCN1C(C)=O. The Hall–Kier alpha value is -1.93. The van der Waals surface area contributed by atoms with Crippen molar-refractivity contribution in [1.82, 2.24) is 9.21 Å². The second kappa shape index (κ2) is 6.45. The zero-order chi connectivity index (χ0) is 16.3. The molecule has 120 valence electrons. The number of carbonyl (C=O) groups excluding carboxylic acids is 2. The van der Waals surface area contributed by atoms with E-state index in [1.54, 1.807) is 18.2 Å². The first-order valence-corrected chi connectivity index (χ1v) is 8.22. The van der Waals surface area contributed by atoms with Gasteiger partial charge in [0.25, 0.3) is 0 Å². The molecule has 0 radical (unpaired) electrons. The number of esters is 1. The van der Waals surface area contributed by atoms with Gasteiger partial charge in [0.15, 0.2) is 0 Å². The van der Waals surface area contributed by atoms with Gasteiger partial charge in [-0.2, -0.15) is 4.31 Å². The van der Waals surface area contributed by atoms with Gasteiger partial charge in [-0.25, -0.2) is 13.2 Å². The number of carbonyl (C=O) groups is 2. The van der Waals surface area contributed by atoms with Gasteiger partial charge < -0.3 is 9.64 Å². The molecule has 1 aliphatic heterocycles. The van der Waals surface area contributed by atoms with Crippen LogP contribution in [0.25, 0.3) is 0 Å². The van der Waals surface area contributed by atoms with Gasteiger partial charge in [-0.15, -0.1) is 0 Å². The molecule has 0 bridgehead atoms. The molecule has 8 heteroatoms. The van der Waals surface area contributed by atoms with Crippen molar-refractivity contribution in [3.63, 3.8) is 0 Å². The minimum Gasteiger partial charge on any atom is -0.467 e. The average Bonchev–Trinajstić information content (AvgIpc) is 2.54. The fourth-order valence-corrected chi connectivity index (χ4v) is 3.89. The lowest BCUT2D eigenvalue weighted by Gasteiger charge is -2.38. The number of amides is 1. The van der Waals surface area contributed by atoms with Crippen molar-refractivity contribution in [3.05, 3.63) is 30.3 Å². The lowest BCUT2D eigenvalue weighted by Crippen LogP contribution is -2.59. The summed E-state index contributed by atoms with van der Waals surface area (Å²) >= 11 is 0. The standard InChI is InChI=1S/C14H18N2O5S/c1-11(17)16-9-8-15(10-13(16)14(18)21-2)22(19,20)12-6-4-3-5-7-12/h3-7,13H,8-10H2,1-2H3. The molecule has 1 aromatic rings. The Balaban J connectivity index is 2.28. The highest BCUT2D eigenvalue weighted by Crippen LogP contribution is 2.20. The maximum atomic E-state index is 12.6. The molecule has 1 heterocycles. The van der Waals surface area contributed by atoms with E-state index in [0.717, 1.165) is 0 Å². The number of methoxy groups -OCH3 is 1. The maximum Gasteiger partial charge on any atom is 0.329 e. The molecule has 1 unspecified atom stereocenters. The van der Waals surface area contributed by atoms with E-state index in [1.165, 1.54) is 35.4 Å². The Labute approximate surface area is 129 Å². The third kappa shape index (κ3) is 3.12. The molecule has 0 N–H and O–H groups in total. The van der Waals surface area contributed by atoms with E-state index >= 15 is 0 Å². The summed E-state index contributed by atoms with van der Waals surface area (Å²) in [6.45, 7) is 1.53. The van der Waals surface area contributed by atoms with E-state index in [-0.39, 0.29) is 30.4 Å². The van der Waals surface area contributed by atoms with E-state index in [1.807, 2.05) is 0 Å². The number of rotatable bonds is 3.